The summed E-state index contributed by atoms with van der Waals surface area (Å²) in [7, 11) is 0. The van der Waals surface area contributed by atoms with Gasteiger partial charge in [0, 0.05) is 10.2 Å². The van der Waals surface area contributed by atoms with Crippen LogP contribution in [0.1, 0.15) is 11.6 Å². The number of carbonyl (C=O) groups is 1. The Morgan fingerprint density at radius 1 is 0.913 bits per heavy atom. The quantitative estimate of drug-likeness (QED) is 0.694. The number of aliphatic hydroxyl groups is 1. The number of β-lactam (4-membered cyclic amide) rings is 1. The van der Waals surface area contributed by atoms with Crippen LogP contribution in [0.4, 0.5) is 5.69 Å². The average molecular weight is 368 g/mol. The second-order valence-electron chi connectivity index (χ2n) is 5.64. The Morgan fingerprint density at radius 3 is 2.39 bits per heavy atom. The highest BCUT2D eigenvalue weighted by molar-refractivity contribution is 9.10. The molecule has 1 aliphatic rings. The zero-order valence-corrected chi connectivity index (χ0v) is 13.8. The maximum atomic E-state index is 12.2. The molecule has 0 bridgehead atoms. The number of amides is 1. The summed E-state index contributed by atoms with van der Waals surface area (Å²) in [6.07, 6.45) is -0.996. The highest BCUT2D eigenvalue weighted by Crippen LogP contribution is 2.41. The first-order valence-electron chi connectivity index (χ1n) is 7.41. The van der Waals surface area contributed by atoms with E-state index in [-0.39, 0.29) is 11.9 Å². The van der Waals surface area contributed by atoms with Gasteiger partial charge >= 0.3 is 0 Å². The van der Waals surface area contributed by atoms with E-state index in [0.717, 1.165) is 26.5 Å². The highest BCUT2D eigenvalue weighted by Gasteiger charge is 2.48. The van der Waals surface area contributed by atoms with Gasteiger partial charge in [-0.1, -0.05) is 58.4 Å². The molecule has 4 heteroatoms. The van der Waals surface area contributed by atoms with Crippen molar-refractivity contribution in [3.63, 3.8) is 0 Å². The molecule has 0 aliphatic carbocycles. The molecule has 1 amide bonds. The largest absolute Gasteiger partial charge is 0.381 e. The number of fused-ring (bicyclic) bond motifs is 1. The highest BCUT2D eigenvalue weighted by atomic mass is 79.9. The zero-order valence-electron chi connectivity index (χ0n) is 12.2. The minimum absolute atomic E-state index is 0.259. The number of nitrogens with zero attached hydrogens (tertiary/aromatic N) is 1. The van der Waals surface area contributed by atoms with Crippen molar-refractivity contribution in [2.75, 3.05) is 4.90 Å². The summed E-state index contributed by atoms with van der Waals surface area (Å²) in [6, 6.07) is 21.2. The second kappa shape index (κ2) is 5.48. The molecule has 0 aromatic heterocycles. The molecule has 3 aromatic carbocycles. The Labute approximate surface area is 142 Å². The molecule has 3 nitrogen and oxygen atoms in total. The van der Waals surface area contributed by atoms with Gasteiger partial charge in [-0.3, -0.25) is 9.69 Å². The van der Waals surface area contributed by atoms with Gasteiger partial charge in [0.15, 0.2) is 6.10 Å². The van der Waals surface area contributed by atoms with Crippen LogP contribution in [0.3, 0.4) is 0 Å². The number of hydrogen-bond donors (Lipinski definition) is 1. The first-order valence-corrected chi connectivity index (χ1v) is 8.20. The van der Waals surface area contributed by atoms with Crippen molar-refractivity contribution in [3.05, 3.63) is 76.8 Å². The smallest absolute Gasteiger partial charge is 0.259 e. The van der Waals surface area contributed by atoms with Gasteiger partial charge < -0.3 is 5.11 Å². The molecule has 4 rings (SSSR count). The van der Waals surface area contributed by atoms with Crippen molar-refractivity contribution in [1.29, 1.82) is 0 Å². The Balaban J connectivity index is 1.82. The molecule has 114 valence electrons. The summed E-state index contributed by atoms with van der Waals surface area (Å²) in [5.41, 5.74) is 1.76. The van der Waals surface area contributed by atoms with Gasteiger partial charge in [-0.2, -0.15) is 0 Å². The predicted octanol–water partition coefficient (Wildman–Crippen LogP) is 4.05. The van der Waals surface area contributed by atoms with Crippen LogP contribution >= 0.6 is 15.9 Å². The minimum Gasteiger partial charge on any atom is -0.381 e. The van der Waals surface area contributed by atoms with E-state index in [2.05, 4.69) is 15.9 Å². The molecule has 1 heterocycles. The van der Waals surface area contributed by atoms with Crippen LogP contribution in [-0.4, -0.2) is 17.1 Å². The van der Waals surface area contributed by atoms with Crippen LogP contribution < -0.4 is 4.90 Å². The predicted molar refractivity (Wildman–Crippen MR) is 94.3 cm³/mol. The number of rotatable bonds is 2. The molecule has 0 radical (unpaired) electrons. The maximum absolute atomic E-state index is 12.2. The lowest BCUT2D eigenvalue weighted by atomic mass is 9.87. The van der Waals surface area contributed by atoms with E-state index in [0.29, 0.717) is 0 Å². The third-order valence-electron chi connectivity index (χ3n) is 4.31. The fourth-order valence-electron chi connectivity index (χ4n) is 3.18. The number of hydrogen-bond acceptors (Lipinski definition) is 2. The van der Waals surface area contributed by atoms with Crippen molar-refractivity contribution in [2.24, 2.45) is 0 Å². The lowest BCUT2D eigenvalue weighted by Crippen LogP contribution is -2.59. The van der Waals surface area contributed by atoms with Crippen molar-refractivity contribution < 1.29 is 9.90 Å². The van der Waals surface area contributed by atoms with E-state index in [9.17, 15) is 9.90 Å². The Morgan fingerprint density at radius 2 is 1.61 bits per heavy atom. The lowest BCUT2D eigenvalue weighted by molar-refractivity contribution is -0.136. The van der Waals surface area contributed by atoms with Crippen LogP contribution in [0.2, 0.25) is 0 Å². The molecule has 0 spiro atoms. The average Bonchev–Trinajstić information content (AvgIpc) is 2.59. The van der Waals surface area contributed by atoms with Gasteiger partial charge in [0.25, 0.3) is 5.91 Å². The number of aliphatic hydroxyl groups excluding tert-OH is 1. The summed E-state index contributed by atoms with van der Waals surface area (Å²) in [5, 5.41) is 12.4. The Hall–Kier alpha value is -2.17. The van der Waals surface area contributed by atoms with Gasteiger partial charge in [-0.25, -0.2) is 0 Å². The Kier molecular flexibility index (Phi) is 3.43. The fourth-order valence-corrected chi connectivity index (χ4v) is 3.45. The van der Waals surface area contributed by atoms with Gasteiger partial charge in [-0.05, 0) is 40.6 Å². The van der Waals surface area contributed by atoms with E-state index in [4.69, 9.17) is 0 Å². The van der Waals surface area contributed by atoms with Crippen molar-refractivity contribution in [2.45, 2.75) is 12.1 Å². The zero-order chi connectivity index (χ0) is 16.0. The monoisotopic (exact) mass is 367 g/mol. The molecule has 2 atom stereocenters. The van der Waals surface area contributed by atoms with Crippen molar-refractivity contribution in [3.8, 4) is 0 Å². The summed E-state index contributed by atoms with van der Waals surface area (Å²) in [6.45, 7) is 0. The molecule has 2 unspecified atom stereocenters. The van der Waals surface area contributed by atoms with Crippen molar-refractivity contribution >= 4 is 38.3 Å². The molecule has 1 N–H and O–H groups in total. The first-order chi connectivity index (χ1) is 11.2. The molecule has 23 heavy (non-hydrogen) atoms. The fraction of sp³-hybridized carbons (Fsp3) is 0.105. The van der Waals surface area contributed by atoms with E-state index < -0.39 is 6.10 Å². The first kappa shape index (κ1) is 14.4. The Bertz CT molecular complexity index is 886. The summed E-state index contributed by atoms with van der Waals surface area (Å²) in [4.78, 5) is 13.9. The molecule has 1 saturated heterocycles. The van der Waals surface area contributed by atoms with Gasteiger partial charge in [0.05, 0.1) is 6.04 Å². The molecule has 3 aromatic rings. The van der Waals surface area contributed by atoms with Gasteiger partial charge in [-0.15, -0.1) is 0 Å². The SMILES string of the molecule is O=C1C(O)C(c2cccc3ccccc23)N1c1ccc(Br)cc1. The van der Waals surface area contributed by atoms with E-state index in [1.807, 2.05) is 66.7 Å². The summed E-state index contributed by atoms with van der Waals surface area (Å²) < 4.78 is 0.955. The maximum Gasteiger partial charge on any atom is 0.259 e. The molecular weight excluding hydrogens is 354 g/mol. The van der Waals surface area contributed by atoms with Crippen molar-refractivity contribution in [1.82, 2.24) is 0 Å². The normalized spacial score (nSPS) is 20.6. The van der Waals surface area contributed by atoms with Crippen LogP contribution in [0, 0.1) is 0 Å². The molecule has 1 fully saturated rings. The minimum atomic E-state index is -0.996. The summed E-state index contributed by atoms with van der Waals surface area (Å²) >= 11 is 3.40. The van der Waals surface area contributed by atoms with Crippen LogP contribution in [0.15, 0.2) is 71.2 Å². The van der Waals surface area contributed by atoms with Gasteiger partial charge in [0.2, 0.25) is 0 Å². The van der Waals surface area contributed by atoms with Crippen LogP contribution in [-0.2, 0) is 4.79 Å². The van der Waals surface area contributed by atoms with E-state index in [1.165, 1.54) is 0 Å². The number of anilines is 1. The summed E-state index contributed by atoms with van der Waals surface area (Å²) in [5.74, 6) is -0.259. The number of carbonyl (C=O) groups excluding carboxylic acids is 1. The van der Waals surface area contributed by atoms with Gasteiger partial charge in [0.1, 0.15) is 0 Å². The molecular formula is C19H14BrNO2. The number of halogens is 1. The van der Waals surface area contributed by atoms with E-state index >= 15 is 0 Å². The molecule has 1 aliphatic heterocycles. The van der Waals surface area contributed by atoms with Crippen LogP contribution in [0.5, 0.6) is 0 Å². The lowest BCUT2D eigenvalue weighted by Gasteiger charge is -2.45. The topological polar surface area (TPSA) is 40.5 Å². The van der Waals surface area contributed by atoms with E-state index in [1.54, 1.807) is 4.90 Å². The second-order valence-corrected chi connectivity index (χ2v) is 6.56. The molecule has 0 saturated carbocycles. The number of benzene rings is 3. The van der Waals surface area contributed by atoms with Crippen LogP contribution in [0.25, 0.3) is 10.8 Å². The third-order valence-corrected chi connectivity index (χ3v) is 4.84. The standard InChI is InChI=1S/C19H14BrNO2/c20-13-8-10-14(11-9-13)21-17(18(22)19(21)23)16-7-3-5-12-4-1-2-6-15(12)16/h1-11,17-18,22H. The third kappa shape index (κ3) is 2.26.